The first-order valence-electron chi connectivity index (χ1n) is 5.26. The predicted octanol–water partition coefficient (Wildman–Crippen LogP) is 3.12. The van der Waals surface area contributed by atoms with Crippen LogP contribution >= 0.6 is 11.6 Å². The second kappa shape index (κ2) is 5.26. The fraction of sp³-hybridized carbons (Fsp3) is 0. The van der Waals surface area contributed by atoms with Crippen LogP contribution in [-0.4, -0.2) is 13.5 Å². The zero-order chi connectivity index (χ0) is 14.9. The maximum absolute atomic E-state index is 13.5. The standard InChI is InChI=1S/C12H8ClF2NO3S/c13-9-5-7(14)1-4-12(9)20(18,19)16-11-3-2-8(17)6-10(11)15/h1-6,16-17H. The fourth-order valence-electron chi connectivity index (χ4n) is 1.48. The molecule has 0 aliphatic carbocycles. The van der Waals surface area contributed by atoms with Gasteiger partial charge in [0.15, 0.2) is 5.82 Å². The monoisotopic (exact) mass is 319 g/mol. The third-order valence-electron chi connectivity index (χ3n) is 2.38. The molecule has 0 fully saturated rings. The summed E-state index contributed by atoms with van der Waals surface area (Å²) in [4.78, 5) is -0.381. The van der Waals surface area contributed by atoms with Gasteiger partial charge in [-0.3, -0.25) is 4.72 Å². The lowest BCUT2D eigenvalue weighted by molar-refractivity contribution is 0.469. The molecule has 0 bridgehead atoms. The number of aromatic hydroxyl groups is 1. The molecule has 2 aromatic carbocycles. The molecule has 0 heterocycles. The van der Waals surface area contributed by atoms with Gasteiger partial charge >= 0.3 is 0 Å². The maximum atomic E-state index is 13.5. The normalized spacial score (nSPS) is 11.3. The highest BCUT2D eigenvalue weighted by Gasteiger charge is 2.20. The van der Waals surface area contributed by atoms with Crippen molar-refractivity contribution in [3.63, 3.8) is 0 Å². The highest BCUT2D eigenvalue weighted by atomic mass is 35.5. The first-order chi connectivity index (χ1) is 9.29. The first-order valence-corrected chi connectivity index (χ1v) is 7.12. The second-order valence-electron chi connectivity index (χ2n) is 3.84. The molecule has 0 amide bonds. The Balaban J connectivity index is 2.41. The maximum Gasteiger partial charge on any atom is 0.263 e. The number of hydrogen-bond acceptors (Lipinski definition) is 3. The van der Waals surface area contributed by atoms with E-state index in [4.69, 9.17) is 16.7 Å². The van der Waals surface area contributed by atoms with Crippen molar-refractivity contribution in [1.29, 1.82) is 0 Å². The zero-order valence-corrected chi connectivity index (χ0v) is 11.3. The van der Waals surface area contributed by atoms with Gasteiger partial charge in [0.05, 0.1) is 10.7 Å². The van der Waals surface area contributed by atoms with Gasteiger partial charge in [0.2, 0.25) is 0 Å². The van der Waals surface area contributed by atoms with Crippen LogP contribution in [-0.2, 0) is 10.0 Å². The molecule has 106 valence electrons. The van der Waals surface area contributed by atoms with Crippen LogP contribution in [0.5, 0.6) is 5.75 Å². The molecule has 0 aromatic heterocycles. The van der Waals surface area contributed by atoms with Gasteiger partial charge in [-0.1, -0.05) is 11.6 Å². The SMILES string of the molecule is O=S(=O)(Nc1ccc(O)cc1F)c1ccc(F)cc1Cl. The molecule has 2 N–H and O–H groups in total. The highest BCUT2D eigenvalue weighted by molar-refractivity contribution is 7.92. The summed E-state index contributed by atoms with van der Waals surface area (Å²) in [7, 11) is -4.17. The minimum atomic E-state index is -4.17. The second-order valence-corrected chi connectivity index (χ2v) is 5.90. The van der Waals surface area contributed by atoms with Crippen LogP contribution in [0.15, 0.2) is 41.3 Å². The largest absolute Gasteiger partial charge is 0.508 e. The van der Waals surface area contributed by atoms with Crippen LogP contribution in [0.3, 0.4) is 0 Å². The number of nitrogens with one attached hydrogen (secondary N) is 1. The van der Waals surface area contributed by atoms with Crippen LogP contribution in [0.1, 0.15) is 0 Å². The summed E-state index contributed by atoms with van der Waals surface area (Å²) in [5, 5.41) is 8.72. The quantitative estimate of drug-likeness (QED) is 0.854. The molecule has 0 spiro atoms. The van der Waals surface area contributed by atoms with Gasteiger partial charge in [-0.25, -0.2) is 17.2 Å². The number of benzene rings is 2. The van der Waals surface area contributed by atoms with Gasteiger partial charge in [0.1, 0.15) is 16.5 Å². The van der Waals surface area contributed by atoms with E-state index in [0.717, 1.165) is 36.4 Å². The summed E-state index contributed by atoms with van der Waals surface area (Å²) < 4.78 is 52.4. The number of hydrogen-bond donors (Lipinski definition) is 2. The first kappa shape index (κ1) is 14.5. The van der Waals surface area contributed by atoms with E-state index < -0.39 is 21.7 Å². The van der Waals surface area contributed by atoms with E-state index in [9.17, 15) is 17.2 Å². The van der Waals surface area contributed by atoms with E-state index in [1.54, 1.807) is 0 Å². The summed E-state index contributed by atoms with van der Waals surface area (Å²) in [5.74, 6) is -1.98. The third-order valence-corrected chi connectivity index (χ3v) is 4.23. The Morgan fingerprint density at radius 1 is 1.10 bits per heavy atom. The third kappa shape index (κ3) is 3.00. The molecule has 0 saturated heterocycles. The number of phenolic OH excluding ortho intramolecular Hbond substituents is 1. The Kier molecular flexibility index (Phi) is 3.82. The number of anilines is 1. The van der Waals surface area contributed by atoms with Gasteiger partial charge in [-0.2, -0.15) is 0 Å². The number of halogens is 3. The minimum Gasteiger partial charge on any atom is -0.508 e. The van der Waals surface area contributed by atoms with Crippen molar-refractivity contribution in [2.75, 3.05) is 4.72 Å². The van der Waals surface area contributed by atoms with Crippen molar-refractivity contribution in [3.8, 4) is 5.75 Å². The van der Waals surface area contributed by atoms with Crippen molar-refractivity contribution >= 4 is 27.3 Å². The predicted molar refractivity (Wildman–Crippen MR) is 70.3 cm³/mol. The van der Waals surface area contributed by atoms with E-state index in [2.05, 4.69) is 0 Å². The molecule has 0 radical (unpaired) electrons. The summed E-state index contributed by atoms with van der Waals surface area (Å²) in [6.45, 7) is 0. The van der Waals surface area contributed by atoms with E-state index in [0.29, 0.717) is 0 Å². The lowest BCUT2D eigenvalue weighted by Gasteiger charge is -2.10. The van der Waals surface area contributed by atoms with Crippen LogP contribution < -0.4 is 4.72 Å². The molecule has 0 aliphatic rings. The fourth-order valence-corrected chi connectivity index (χ4v) is 3.08. The summed E-state index contributed by atoms with van der Waals surface area (Å²) >= 11 is 5.65. The Labute approximate surface area is 118 Å². The molecule has 8 heteroatoms. The lowest BCUT2D eigenvalue weighted by atomic mass is 10.3. The molecule has 4 nitrogen and oxygen atoms in total. The van der Waals surface area contributed by atoms with Crippen LogP contribution in [0, 0.1) is 11.6 Å². The average molecular weight is 320 g/mol. The molecule has 0 saturated carbocycles. The van der Waals surface area contributed by atoms with Crippen molar-refractivity contribution in [2.45, 2.75) is 4.90 Å². The smallest absolute Gasteiger partial charge is 0.263 e. The van der Waals surface area contributed by atoms with Gasteiger partial charge < -0.3 is 5.11 Å². The number of sulfonamides is 1. The summed E-state index contributed by atoms with van der Waals surface area (Å²) in [6, 6.07) is 5.66. The molecule has 0 atom stereocenters. The van der Waals surface area contributed by atoms with Gasteiger partial charge in [0, 0.05) is 6.07 Å². The van der Waals surface area contributed by atoms with E-state index in [1.165, 1.54) is 0 Å². The zero-order valence-electron chi connectivity index (χ0n) is 9.77. The number of rotatable bonds is 3. The van der Waals surface area contributed by atoms with Crippen LogP contribution in [0.4, 0.5) is 14.5 Å². The van der Waals surface area contributed by atoms with Gasteiger partial charge in [-0.15, -0.1) is 0 Å². The van der Waals surface area contributed by atoms with Crippen molar-refractivity contribution in [2.24, 2.45) is 0 Å². The van der Waals surface area contributed by atoms with Crippen molar-refractivity contribution < 1.29 is 22.3 Å². The number of phenols is 1. The molecule has 0 aliphatic heterocycles. The van der Waals surface area contributed by atoms with Crippen LogP contribution in [0.2, 0.25) is 5.02 Å². The molecule has 20 heavy (non-hydrogen) atoms. The minimum absolute atomic E-state index is 0.323. The molecule has 2 rings (SSSR count). The van der Waals surface area contributed by atoms with E-state index in [-0.39, 0.29) is 21.4 Å². The molecular formula is C12H8ClF2NO3S. The van der Waals surface area contributed by atoms with E-state index in [1.807, 2.05) is 4.72 Å². The average Bonchev–Trinajstić information content (AvgIpc) is 2.32. The Hall–Kier alpha value is -1.86. The summed E-state index contributed by atoms with van der Waals surface area (Å²) in [5.41, 5.74) is -0.358. The van der Waals surface area contributed by atoms with Gasteiger partial charge in [0.25, 0.3) is 10.0 Å². The van der Waals surface area contributed by atoms with E-state index >= 15 is 0 Å². The lowest BCUT2D eigenvalue weighted by Crippen LogP contribution is -2.14. The van der Waals surface area contributed by atoms with Gasteiger partial charge in [-0.05, 0) is 30.3 Å². The van der Waals surface area contributed by atoms with Crippen molar-refractivity contribution in [1.82, 2.24) is 0 Å². The van der Waals surface area contributed by atoms with Crippen LogP contribution in [0.25, 0.3) is 0 Å². The topological polar surface area (TPSA) is 66.4 Å². The van der Waals surface area contributed by atoms with Crippen molar-refractivity contribution in [3.05, 3.63) is 53.1 Å². The summed E-state index contributed by atoms with van der Waals surface area (Å²) in [6.07, 6.45) is 0. The molecular weight excluding hydrogens is 312 g/mol. The molecule has 2 aromatic rings. The Bertz CT molecular complexity index is 765. The Morgan fingerprint density at radius 2 is 1.80 bits per heavy atom. The highest BCUT2D eigenvalue weighted by Crippen LogP contribution is 2.26. The molecule has 0 unspecified atom stereocenters. The Morgan fingerprint density at radius 3 is 2.40 bits per heavy atom.